The molecule has 0 aromatic carbocycles. The summed E-state index contributed by atoms with van der Waals surface area (Å²) in [6.45, 7) is 5.45. The SMILES string of the molecule is Cc1cc(CN2C(=O)C(C)NC(=O)C2C)on1. The van der Waals surface area contributed by atoms with Gasteiger partial charge < -0.3 is 14.7 Å². The summed E-state index contributed by atoms with van der Waals surface area (Å²) in [5.41, 5.74) is 0.759. The molecule has 92 valence electrons. The maximum Gasteiger partial charge on any atom is 0.245 e. The van der Waals surface area contributed by atoms with Gasteiger partial charge in [0.2, 0.25) is 11.8 Å². The van der Waals surface area contributed by atoms with Crippen LogP contribution >= 0.6 is 0 Å². The first-order chi connectivity index (χ1) is 7.99. The molecule has 1 saturated heterocycles. The van der Waals surface area contributed by atoms with Gasteiger partial charge >= 0.3 is 0 Å². The minimum atomic E-state index is -0.484. The van der Waals surface area contributed by atoms with Crippen LogP contribution in [-0.4, -0.2) is 34.0 Å². The number of carbonyl (C=O) groups is 2. The van der Waals surface area contributed by atoms with Crippen molar-refractivity contribution in [2.24, 2.45) is 0 Å². The van der Waals surface area contributed by atoms with Crippen molar-refractivity contribution in [1.82, 2.24) is 15.4 Å². The molecule has 2 rings (SSSR count). The Balaban J connectivity index is 2.17. The molecule has 2 atom stereocenters. The van der Waals surface area contributed by atoms with Crippen LogP contribution in [0.15, 0.2) is 10.6 Å². The number of nitrogens with zero attached hydrogens (tertiary/aromatic N) is 2. The third kappa shape index (κ3) is 2.15. The topological polar surface area (TPSA) is 75.4 Å². The Labute approximate surface area is 98.9 Å². The highest BCUT2D eigenvalue weighted by Crippen LogP contribution is 2.14. The number of carbonyl (C=O) groups excluding carboxylic acids is 2. The molecule has 6 nitrogen and oxygen atoms in total. The van der Waals surface area contributed by atoms with Crippen LogP contribution in [0.2, 0.25) is 0 Å². The lowest BCUT2D eigenvalue weighted by molar-refractivity contribution is -0.149. The maximum atomic E-state index is 11.9. The van der Waals surface area contributed by atoms with Gasteiger partial charge in [0.1, 0.15) is 12.1 Å². The third-order valence-corrected chi connectivity index (χ3v) is 2.86. The Morgan fingerprint density at radius 2 is 2.18 bits per heavy atom. The molecule has 0 radical (unpaired) electrons. The zero-order chi connectivity index (χ0) is 12.6. The first-order valence-corrected chi connectivity index (χ1v) is 5.52. The molecule has 1 aromatic heterocycles. The number of aromatic nitrogens is 1. The van der Waals surface area contributed by atoms with Gasteiger partial charge in [-0.1, -0.05) is 5.16 Å². The zero-order valence-corrected chi connectivity index (χ0v) is 10.1. The fourth-order valence-electron chi connectivity index (χ4n) is 1.85. The minimum Gasteiger partial charge on any atom is -0.359 e. The van der Waals surface area contributed by atoms with Crippen LogP contribution in [0.3, 0.4) is 0 Å². The molecule has 17 heavy (non-hydrogen) atoms. The van der Waals surface area contributed by atoms with Crippen molar-refractivity contribution >= 4 is 11.8 Å². The van der Waals surface area contributed by atoms with Crippen molar-refractivity contribution in [3.63, 3.8) is 0 Å². The number of hydrogen-bond donors (Lipinski definition) is 1. The second-order valence-electron chi connectivity index (χ2n) is 4.31. The van der Waals surface area contributed by atoms with E-state index in [0.717, 1.165) is 5.69 Å². The van der Waals surface area contributed by atoms with E-state index < -0.39 is 12.1 Å². The smallest absolute Gasteiger partial charge is 0.245 e. The van der Waals surface area contributed by atoms with E-state index >= 15 is 0 Å². The summed E-state index contributed by atoms with van der Waals surface area (Å²) in [6, 6.07) is 0.795. The zero-order valence-electron chi connectivity index (χ0n) is 10.1. The van der Waals surface area contributed by atoms with Gasteiger partial charge in [-0.05, 0) is 20.8 Å². The second kappa shape index (κ2) is 4.20. The van der Waals surface area contributed by atoms with E-state index in [4.69, 9.17) is 4.52 Å². The highest BCUT2D eigenvalue weighted by molar-refractivity contribution is 5.96. The second-order valence-corrected chi connectivity index (χ2v) is 4.31. The van der Waals surface area contributed by atoms with Crippen LogP contribution in [0.25, 0.3) is 0 Å². The molecule has 0 saturated carbocycles. The average Bonchev–Trinajstić information content (AvgIpc) is 2.68. The highest BCUT2D eigenvalue weighted by atomic mass is 16.5. The third-order valence-electron chi connectivity index (χ3n) is 2.86. The van der Waals surface area contributed by atoms with Crippen LogP contribution in [0.4, 0.5) is 0 Å². The van der Waals surface area contributed by atoms with Crippen molar-refractivity contribution in [1.29, 1.82) is 0 Å². The molecule has 1 aromatic rings. The quantitative estimate of drug-likeness (QED) is 0.798. The van der Waals surface area contributed by atoms with Crippen molar-refractivity contribution in [2.45, 2.75) is 39.4 Å². The number of aryl methyl sites for hydroxylation is 1. The number of rotatable bonds is 2. The van der Waals surface area contributed by atoms with E-state index in [1.54, 1.807) is 19.9 Å². The molecule has 0 spiro atoms. The summed E-state index contributed by atoms with van der Waals surface area (Å²) in [5, 5.41) is 6.38. The van der Waals surface area contributed by atoms with Gasteiger partial charge in [-0.3, -0.25) is 9.59 Å². The van der Waals surface area contributed by atoms with E-state index in [1.165, 1.54) is 4.90 Å². The molecular formula is C11H15N3O3. The number of amides is 2. The Morgan fingerprint density at radius 1 is 1.47 bits per heavy atom. The fraction of sp³-hybridized carbons (Fsp3) is 0.545. The summed E-state index contributed by atoms with van der Waals surface area (Å²) in [4.78, 5) is 25.0. The van der Waals surface area contributed by atoms with Gasteiger partial charge in [-0.25, -0.2) is 0 Å². The van der Waals surface area contributed by atoms with Crippen molar-refractivity contribution < 1.29 is 14.1 Å². The molecular weight excluding hydrogens is 222 g/mol. The molecule has 6 heteroatoms. The van der Waals surface area contributed by atoms with Crippen LogP contribution in [0.1, 0.15) is 25.3 Å². The Hall–Kier alpha value is -1.85. The number of piperazine rings is 1. The monoisotopic (exact) mass is 237 g/mol. The lowest BCUT2D eigenvalue weighted by Gasteiger charge is -2.35. The lowest BCUT2D eigenvalue weighted by Crippen LogP contribution is -2.60. The first kappa shape index (κ1) is 11.6. The van der Waals surface area contributed by atoms with Crippen molar-refractivity contribution in [2.75, 3.05) is 0 Å². The molecule has 1 fully saturated rings. The van der Waals surface area contributed by atoms with Gasteiger partial charge in [0, 0.05) is 6.07 Å². The normalized spacial score (nSPS) is 25.0. The van der Waals surface area contributed by atoms with Crippen LogP contribution < -0.4 is 5.32 Å². The maximum absolute atomic E-state index is 11.9. The van der Waals surface area contributed by atoms with Crippen LogP contribution in [0.5, 0.6) is 0 Å². The largest absolute Gasteiger partial charge is 0.359 e. The van der Waals surface area contributed by atoms with Crippen molar-refractivity contribution in [3.05, 3.63) is 17.5 Å². The van der Waals surface area contributed by atoms with Crippen molar-refractivity contribution in [3.8, 4) is 0 Å². The molecule has 1 aliphatic heterocycles. The minimum absolute atomic E-state index is 0.105. The highest BCUT2D eigenvalue weighted by Gasteiger charge is 2.36. The Kier molecular flexibility index (Phi) is 2.87. The van der Waals surface area contributed by atoms with Gasteiger partial charge in [-0.15, -0.1) is 0 Å². The van der Waals surface area contributed by atoms with Gasteiger partial charge in [0.15, 0.2) is 5.76 Å². The van der Waals surface area contributed by atoms with Crippen LogP contribution in [0, 0.1) is 6.92 Å². The standard InChI is InChI=1S/C11H15N3O3/c1-6-4-9(17-13-6)5-14-8(3)10(15)12-7(2)11(14)16/h4,7-8H,5H2,1-3H3,(H,12,15). The summed E-state index contributed by atoms with van der Waals surface area (Å²) in [6.07, 6.45) is 0. The summed E-state index contributed by atoms with van der Waals surface area (Å²) in [5.74, 6) is 0.337. The first-order valence-electron chi connectivity index (χ1n) is 5.52. The Bertz CT molecular complexity index is 455. The summed E-state index contributed by atoms with van der Waals surface area (Å²) in [7, 11) is 0. The fourth-order valence-corrected chi connectivity index (χ4v) is 1.85. The molecule has 2 heterocycles. The van der Waals surface area contributed by atoms with Gasteiger partial charge in [-0.2, -0.15) is 0 Å². The van der Waals surface area contributed by atoms with E-state index in [-0.39, 0.29) is 18.4 Å². The van der Waals surface area contributed by atoms with E-state index in [1.807, 2.05) is 6.92 Å². The Morgan fingerprint density at radius 3 is 2.76 bits per heavy atom. The van der Waals surface area contributed by atoms with E-state index in [0.29, 0.717) is 5.76 Å². The van der Waals surface area contributed by atoms with E-state index in [9.17, 15) is 9.59 Å². The van der Waals surface area contributed by atoms with Gasteiger partial charge in [0.25, 0.3) is 0 Å². The predicted octanol–water partition coefficient (Wildman–Crippen LogP) is 0.218. The number of hydrogen-bond acceptors (Lipinski definition) is 4. The lowest BCUT2D eigenvalue weighted by atomic mass is 10.1. The summed E-state index contributed by atoms with van der Waals surface area (Å²) < 4.78 is 5.06. The molecule has 2 amide bonds. The van der Waals surface area contributed by atoms with Gasteiger partial charge in [0.05, 0.1) is 12.2 Å². The molecule has 1 aliphatic rings. The molecule has 0 aliphatic carbocycles. The number of nitrogens with one attached hydrogen (secondary N) is 1. The van der Waals surface area contributed by atoms with Crippen LogP contribution in [-0.2, 0) is 16.1 Å². The summed E-state index contributed by atoms with van der Waals surface area (Å²) >= 11 is 0. The van der Waals surface area contributed by atoms with E-state index in [2.05, 4.69) is 10.5 Å². The average molecular weight is 237 g/mol. The molecule has 1 N–H and O–H groups in total. The molecule has 2 unspecified atom stereocenters. The predicted molar refractivity (Wildman–Crippen MR) is 58.9 cm³/mol. The molecule has 0 bridgehead atoms.